The van der Waals surface area contributed by atoms with Gasteiger partial charge in [0, 0.05) is 33.0 Å². The van der Waals surface area contributed by atoms with Crippen molar-refractivity contribution in [3.05, 3.63) is 23.8 Å². The molecule has 2 unspecified atom stereocenters. The van der Waals surface area contributed by atoms with Crippen molar-refractivity contribution in [2.24, 2.45) is 0 Å². The Bertz CT molecular complexity index is 466. The summed E-state index contributed by atoms with van der Waals surface area (Å²) in [5.41, 5.74) is 6.41. The quantitative estimate of drug-likeness (QED) is 0.613. The zero-order valence-electron chi connectivity index (χ0n) is 11.0. The van der Waals surface area contributed by atoms with E-state index < -0.39 is 0 Å². The number of nitrogens with zero attached hydrogens (tertiary/aromatic N) is 1. The van der Waals surface area contributed by atoms with Gasteiger partial charge >= 0.3 is 0 Å². The number of amides is 1. The second-order valence-corrected chi connectivity index (χ2v) is 4.53. The molecule has 19 heavy (non-hydrogen) atoms. The van der Waals surface area contributed by atoms with E-state index in [1.54, 1.807) is 19.1 Å². The molecule has 6 nitrogen and oxygen atoms in total. The minimum Gasteiger partial charge on any atom is -0.508 e. The summed E-state index contributed by atoms with van der Waals surface area (Å²) in [6.45, 7) is 0.895. The van der Waals surface area contributed by atoms with Crippen LogP contribution in [0, 0.1) is 0 Å². The maximum atomic E-state index is 12.4. The molecule has 0 saturated carbocycles. The van der Waals surface area contributed by atoms with Crippen LogP contribution in [0.25, 0.3) is 0 Å². The van der Waals surface area contributed by atoms with Crippen LogP contribution in [-0.4, -0.2) is 55.4 Å². The highest BCUT2D eigenvalue weighted by Crippen LogP contribution is 2.23. The minimum absolute atomic E-state index is 0.0170. The highest BCUT2D eigenvalue weighted by Gasteiger charge is 2.36. The molecule has 0 bridgehead atoms. The van der Waals surface area contributed by atoms with Crippen LogP contribution in [0.5, 0.6) is 5.75 Å². The lowest BCUT2D eigenvalue weighted by Gasteiger charge is -2.17. The summed E-state index contributed by atoms with van der Waals surface area (Å²) in [4.78, 5) is 14.0. The summed E-state index contributed by atoms with van der Waals surface area (Å²) in [5.74, 6) is -0.210. The molecule has 1 aliphatic heterocycles. The van der Waals surface area contributed by atoms with Crippen molar-refractivity contribution in [3.63, 3.8) is 0 Å². The maximum absolute atomic E-state index is 12.4. The lowest BCUT2D eigenvalue weighted by molar-refractivity contribution is -0.00461. The number of hydrogen-bond acceptors (Lipinski definition) is 5. The van der Waals surface area contributed by atoms with Crippen molar-refractivity contribution in [2.75, 3.05) is 33.0 Å². The normalized spacial score (nSPS) is 22.7. The predicted octanol–water partition coefficient (Wildman–Crippen LogP) is 0.460. The predicted molar refractivity (Wildman–Crippen MR) is 70.0 cm³/mol. The number of carbonyl (C=O) groups excluding carboxylic acids is 1. The van der Waals surface area contributed by atoms with E-state index in [-0.39, 0.29) is 23.9 Å². The highest BCUT2D eigenvalue weighted by molar-refractivity contribution is 5.99. The molecule has 1 aromatic rings. The number of ether oxygens (including phenoxy) is 2. The van der Waals surface area contributed by atoms with Gasteiger partial charge in [0.05, 0.1) is 5.56 Å². The molecule has 6 heteroatoms. The number of anilines is 1. The van der Waals surface area contributed by atoms with Gasteiger partial charge in [-0.3, -0.25) is 4.79 Å². The number of likely N-dealkylation sites (tertiary alicyclic amines) is 1. The van der Waals surface area contributed by atoms with E-state index in [2.05, 4.69) is 0 Å². The lowest BCUT2D eigenvalue weighted by atomic mass is 10.1. The van der Waals surface area contributed by atoms with Crippen LogP contribution in [0.2, 0.25) is 0 Å². The van der Waals surface area contributed by atoms with E-state index >= 15 is 0 Å². The Hall–Kier alpha value is -1.79. The molecule has 3 N–H and O–H groups in total. The standard InChI is InChI=1S/C13H18N2O4/c1-18-11-6-15(7-12(11)19-2)13(17)9-5-8(16)3-4-10(9)14/h3-5,11-12,16H,6-7,14H2,1-2H3. The zero-order chi connectivity index (χ0) is 14.0. The summed E-state index contributed by atoms with van der Waals surface area (Å²) in [6, 6.07) is 4.34. The van der Waals surface area contributed by atoms with Crippen LogP contribution in [0.3, 0.4) is 0 Å². The zero-order valence-corrected chi connectivity index (χ0v) is 11.0. The first-order valence-electron chi connectivity index (χ1n) is 6.00. The van der Waals surface area contributed by atoms with Crippen molar-refractivity contribution in [3.8, 4) is 5.75 Å². The fourth-order valence-corrected chi connectivity index (χ4v) is 2.26. The van der Waals surface area contributed by atoms with Crippen LogP contribution >= 0.6 is 0 Å². The minimum atomic E-state index is -0.227. The number of hydrogen-bond donors (Lipinski definition) is 2. The summed E-state index contributed by atoms with van der Waals surface area (Å²) >= 11 is 0. The van der Waals surface area contributed by atoms with Gasteiger partial charge in [-0.05, 0) is 18.2 Å². The monoisotopic (exact) mass is 266 g/mol. The fourth-order valence-electron chi connectivity index (χ4n) is 2.26. The summed E-state index contributed by atoms with van der Waals surface area (Å²) < 4.78 is 10.6. The van der Waals surface area contributed by atoms with E-state index in [1.165, 1.54) is 18.2 Å². The average molecular weight is 266 g/mol. The summed E-state index contributed by atoms with van der Waals surface area (Å²) in [5, 5.41) is 9.45. The van der Waals surface area contributed by atoms with Gasteiger partial charge in [-0.25, -0.2) is 0 Å². The number of carbonyl (C=O) groups is 1. The Morgan fingerprint density at radius 3 is 2.42 bits per heavy atom. The van der Waals surface area contributed by atoms with Gasteiger partial charge in [-0.1, -0.05) is 0 Å². The number of phenols is 1. The van der Waals surface area contributed by atoms with E-state index in [4.69, 9.17) is 15.2 Å². The van der Waals surface area contributed by atoms with E-state index in [9.17, 15) is 9.90 Å². The van der Waals surface area contributed by atoms with Crippen molar-refractivity contribution in [1.82, 2.24) is 4.90 Å². The Balaban J connectivity index is 2.19. The molecule has 1 fully saturated rings. The third-order valence-corrected chi connectivity index (χ3v) is 3.38. The van der Waals surface area contributed by atoms with Crippen LogP contribution < -0.4 is 5.73 Å². The molecular weight excluding hydrogens is 248 g/mol. The Morgan fingerprint density at radius 1 is 1.32 bits per heavy atom. The van der Waals surface area contributed by atoms with Gasteiger partial charge < -0.3 is 25.2 Å². The van der Waals surface area contributed by atoms with Crippen LogP contribution in [0.15, 0.2) is 18.2 Å². The number of methoxy groups -OCH3 is 2. The number of nitrogens with two attached hydrogens (primary N) is 1. The number of aromatic hydroxyl groups is 1. The Labute approximate surface area is 111 Å². The molecular formula is C13H18N2O4. The second kappa shape index (κ2) is 5.46. The molecule has 1 heterocycles. The molecule has 1 saturated heterocycles. The fraction of sp³-hybridized carbons (Fsp3) is 0.462. The molecule has 104 valence electrons. The van der Waals surface area contributed by atoms with E-state index in [0.29, 0.717) is 24.3 Å². The smallest absolute Gasteiger partial charge is 0.256 e. The lowest BCUT2D eigenvalue weighted by Crippen LogP contribution is -2.30. The molecule has 1 aliphatic rings. The van der Waals surface area contributed by atoms with E-state index in [1.807, 2.05) is 0 Å². The van der Waals surface area contributed by atoms with Gasteiger partial charge in [0.25, 0.3) is 5.91 Å². The number of rotatable bonds is 3. The first kappa shape index (κ1) is 13.6. The maximum Gasteiger partial charge on any atom is 0.256 e. The average Bonchev–Trinajstić information content (AvgIpc) is 2.84. The molecule has 1 aromatic carbocycles. The Morgan fingerprint density at radius 2 is 1.89 bits per heavy atom. The van der Waals surface area contributed by atoms with Crippen LogP contribution in [0.4, 0.5) is 5.69 Å². The van der Waals surface area contributed by atoms with Crippen LogP contribution in [0.1, 0.15) is 10.4 Å². The molecule has 0 spiro atoms. The van der Waals surface area contributed by atoms with Gasteiger partial charge in [-0.15, -0.1) is 0 Å². The van der Waals surface area contributed by atoms with Crippen molar-refractivity contribution in [2.45, 2.75) is 12.2 Å². The number of phenolic OH excluding ortho intramolecular Hbond substituents is 1. The summed E-state index contributed by atoms with van der Waals surface area (Å²) in [7, 11) is 3.18. The first-order valence-corrected chi connectivity index (χ1v) is 6.00. The van der Waals surface area contributed by atoms with Gasteiger partial charge in [0.2, 0.25) is 0 Å². The number of nitrogen functional groups attached to an aromatic ring is 1. The van der Waals surface area contributed by atoms with Gasteiger partial charge in [-0.2, -0.15) is 0 Å². The molecule has 2 atom stereocenters. The topological polar surface area (TPSA) is 85.0 Å². The second-order valence-electron chi connectivity index (χ2n) is 4.53. The molecule has 1 amide bonds. The molecule has 0 radical (unpaired) electrons. The third-order valence-electron chi connectivity index (χ3n) is 3.38. The molecule has 2 rings (SSSR count). The van der Waals surface area contributed by atoms with Crippen LogP contribution in [-0.2, 0) is 9.47 Å². The Kier molecular flexibility index (Phi) is 3.92. The molecule has 0 aliphatic carbocycles. The molecule has 0 aromatic heterocycles. The first-order chi connectivity index (χ1) is 9.06. The van der Waals surface area contributed by atoms with Crippen molar-refractivity contribution >= 4 is 11.6 Å². The number of benzene rings is 1. The van der Waals surface area contributed by atoms with E-state index in [0.717, 1.165) is 0 Å². The van der Waals surface area contributed by atoms with Gasteiger partial charge in [0.15, 0.2) is 0 Å². The SMILES string of the molecule is COC1CN(C(=O)c2cc(O)ccc2N)CC1OC. The third kappa shape index (κ3) is 2.64. The summed E-state index contributed by atoms with van der Waals surface area (Å²) in [6.07, 6.45) is -0.292. The van der Waals surface area contributed by atoms with Crippen molar-refractivity contribution in [1.29, 1.82) is 0 Å². The van der Waals surface area contributed by atoms with Gasteiger partial charge in [0.1, 0.15) is 18.0 Å². The van der Waals surface area contributed by atoms with Crippen molar-refractivity contribution < 1.29 is 19.4 Å². The largest absolute Gasteiger partial charge is 0.508 e. The highest BCUT2D eigenvalue weighted by atomic mass is 16.5.